The maximum atomic E-state index is 13.2. The Morgan fingerprint density at radius 3 is 2.59 bits per heavy atom. The predicted octanol–water partition coefficient (Wildman–Crippen LogP) is 5.75. The highest BCUT2D eigenvalue weighted by Gasteiger charge is 2.21. The molecule has 7 heteroatoms. The van der Waals surface area contributed by atoms with Gasteiger partial charge in [-0.05, 0) is 48.0 Å². The number of amides is 1. The van der Waals surface area contributed by atoms with Crippen molar-refractivity contribution in [1.82, 2.24) is 4.98 Å². The summed E-state index contributed by atoms with van der Waals surface area (Å²) >= 11 is 4.89. The first-order valence-corrected chi connectivity index (χ1v) is 10.4. The van der Waals surface area contributed by atoms with Crippen molar-refractivity contribution >= 4 is 54.7 Å². The van der Waals surface area contributed by atoms with E-state index in [1.54, 1.807) is 37.6 Å². The van der Waals surface area contributed by atoms with Crippen molar-refractivity contribution in [2.45, 2.75) is 0 Å². The van der Waals surface area contributed by atoms with Crippen LogP contribution in [0.25, 0.3) is 10.2 Å². The molecule has 0 aliphatic carbocycles. The molecule has 0 aliphatic rings. The molecule has 3 aromatic carbocycles. The van der Waals surface area contributed by atoms with Gasteiger partial charge < -0.3 is 4.74 Å². The summed E-state index contributed by atoms with van der Waals surface area (Å²) in [6.07, 6.45) is 1.66. The van der Waals surface area contributed by atoms with Crippen LogP contribution in [0.5, 0.6) is 5.75 Å². The topological polar surface area (TPSA) is 54.8 Å². The number of hydrogen-bond donors (Lipinski definition) is 0. The van der Waals surface area contributed by atoms with Crippen molar-refractivity contribution < 1.29 is 9.53 Å². The molecule has 0 saturated heterocycles. The summed E-state index contributed by atoms with van der Waals surface area (Å²) in [5.74, 6) is 0.420. The van der Waals surface area contributed by atoms with E-state index in [9.17, 15) is 4.79 Å². The first kappa shape index (κ1) is 19.3. The van der Waals surface area contributed by atoms with Gasteiger partial charge in [0.2, 0.25) is 5.13 Å². The lowest BCUT2D eigenvalue weighted by Crippen LogP contribution is -2.25. The highest BCUT2D eigenvalue weighted by atomic mass is 79.9. The minimum Gasteiger partial charge on any atom is -0.497 e. The van der Waals surface area contributed by atoms with Crippen LogP contribution >= 0.6 is 27.3 Å². The molecule has 4 rings (SSSR count). The highest BCUT2D eigenvalue weighted by molar-refractivity contribution is 9.10. The number of rotatable bonds is 5. The standard InChI is InChI=1S/C22H16BrN3O2S/c1-28-18-10-7-16(8-11-18)21(27)26(24-14-15-5-3-2-4-6-15)22-25-19-12-9-17(23)13-20(19)29-22/h2-14H,1H3/b24-14+. The molecule has 1 aromatic heterocycles. The lowest BCUT2D eigenvalue weighted by molar-refractivity contribution is 0.0988. The van der Waals surface area contributed by atoms with E-state index in [0.29, 0.717) is 16.4 Å². The Morgan fingerprint density at radius 2 is 1.86 bits per heavy atom. The van der Waals surface area contributed by atoms with Gasteiger partial charge in [0, 0.05) is 10.0 Å². The fraction of sp³-hybridized carbons (Fsp3) is 0.0455. The number of aromatic nitrogens is 1. The zero-order valence-corrected chi connectivity index (χ0v) is 17.9. The van der Waals surface area contributed by atoms with Crippen LogP contribution in [0.15, 0.2) is 82.4 Å². The van der Waals surface area contributed by atoms with Crippen LogP contribution in [0, 0.1) is 0 Å². The number of ether oxygens (including phenoxy) is 1. The van der Waals surface area contributed by atoms with Gasteiger partial charge in [0.15, 0.2) is 0 Å². The Kier molecular flexibility index (Phi) is 5.69. The quantitative estimate of drug-likeness (QED) is 0.278. The van der Waals surface area contributed by atoms with Crippen LogP contribution in [-0.4, -0.2) is 24.2 Å². The molecular weight excluding hydrogens is 450 g/mol. The molecule has 0 spiro atoms. The third-order valence-corrected chi connectivity index (χ3v) is 5.66. The van der Waals surface area contributed by atoms with Crippen molar-refractivity contribution in [3.05, 3.63) is 88.4 Å². The molecular formula is C22H16BrN3O2S. The molecule has 0 N–H and O–H groups in total. The van der Waals surface area contributed by atoms with Crippen LogP contribution in [-0.2, 0) is 0 Å². The van der Waals surface area contributed by atoms with Crippen LogP contribution in [0.4, 0.5) is 5.13 Å². The Bertz CT molecular complexity index is 1170. The average Bonchev–Trinajstić information content (AvgIpc) is 3.17. The highest BCUT2D eigenvalue weighted by Crippen LogP contribution is 2.32. The summed E-state index contributed by atoms with van der Waals surface area (Å²) in [4.78, 5) is 17.8. The molecule has 1 heterocycles. The number of carbonyl (C=O) groups is 1. The molecule has 1 amide bonds. The summed E-state index contributed by atoms with van der Waals surface area (Å²) < 4.78 is 7.11. The zero-order chi connectivity index (χ0) is 20.2. The Hall–Kier alpha value is -3.03. The summed E-state index contributed by atoms with van der Waals surface area (Å²) in [6, 6.07) is 22.4. The molecule has 0 bridgehead atoms. The normalized spacial score (nSPS) is 11.1. The van der Waals surface area contributed by atoms with Crippen molar-refractivity contribution in [2.24, 2.45) is 5.10 Å². The van der Waals surface area contributed by atoms with Crippen LogP contribution in [0.1, 0.15) is 15.9 Å². The fourth-order valence-corrected chi connectivity index (χ4v) is 4.16. The van der Waals surface area contributed by atoms with E-state index in [1.807, 2.05) is 48.5 Å². The van der Waals surface area contributed by atoms with Crippen molar-refractivity contribution in [1.29, 1.82) is 0 Å². The van der Waals surface area contributed by atoms with E-state index < -0.39 is 0 Å². The monoisotopic (exact) mass is 465 g/mol. The van der Waals surface area contributed by atoms with E-state index in [-0.39, 0.29) is 5.91 Å². The number of methoxy groups -OCH3 is 1. The van der Waals surface area contributed by atoms with Crippen LogP contribution in [0.3, 0.4) is 0 Å². The molecule has 4 aromatic rings. The molecule has 5 nitrogen and oxygen atoms in total. The Labute approximate surface area is 180 Å². The lowest BCUT2D eigenvalue weighted by Gasteiger charge is -2.14. The number of benzene rings is 3. The van der Waals surface area contributed by atoms with Gasteiger partial charge in [-0.1, -0.05) is 57.6 Å². The number of carbonyl (C=O) groups excluding carboxylic acids is 1. The summed E-state index contributed by atoms with van der Waals surface area (Å²) in [5, 5.41) is 6.31. The van der Waals surface area contributed by atoms with Gasteiger partial charge in [-0.25, -0.2) is 4.98 Å². The third-order valence-electron chi connectivity index (χ3n) is 4.17. The van der Waals surface area contributed by atoms with Crippen LogP contribution in [0.2, 0.25) is 0 Å². The summed E-state index contributed by atoms with van der Waals surface area (Å²) in [6.45, 7) is 0. The van der Waals surface area contributed by atoms with Gasteiger partial charge >= 0.3 is 0 Å². The van der Waals surface area contributed by atoms with E-state index >= 15 is 0 Å². The molecule has 0 atom stereocenters. The molecule has 0 fully saturated rings. The Morgan fingerprint density at radius 1 is 1.10 bits per heavy atom. The second-order valence-corrected chi connectivity index (χ2v) is 8.03. The SMILES string of the molecule is COc1ccc(C(=O)N(/N=C/c2ccccc2)c2nc3ccc(Br)cc3s2)cc1. The van der Waals surface area contributed by atoms with E-state index in [0.717, 1.165) is 20.3 Å². The number of nitrogens with zero attached hydrogens (tertiary/aromatic N) is 3. The first-order valence-electron chi connectivity index (χ1n) is 8.78. The minimum absolute atomic E-state index is 0.266. The first-order chi connectivity index (χ1) is 14.1. The largest absolute Gasteiger partial charge is 0.497 e. The average molecular weight is 466 g/mol. The van der Waals surface area contributed by atoms with E-state index in [4.69, 9.17) is 4.74 Å². The van der Waals surface area contributed by atoms with Gasteiger partial charge in [-0.2, -0.15) is 10.1 Å². The van der Waals surface area contributed by atoms with E-state index in [2.05, 4.69) is 26.0 Å². The number of hydrazone groups is 1. The number of halogens is 1. The summed E-state index contributed by atoms with van der Waals surface area (Å²) in [7, 11) is 1.59. The number of fused-ring (bicyclic) bond motifs is 1. The number of thiazole rings is 1. The predicted molar refractivity (Wildman–Crippen MR) is 121 cm³/mol. The third kappa shape index (κ3) is 4.36. The van der Waals surface area contributed by atoms with Gasteiger partial charge in [0.05, 0.1) is 23.5 Å². The summed E-state index contributed by atoms with van der Waals surface area (Å²) in [5.41, 5.74) is 2.20. The van der Waals surface area contributed by atoms with Crippen LogP contribution < -0.4 is 9.75 Å². The fourth-order valence-electron chi connectivity index (χ4n) is 2.68. The molecule has 0 unspecified atom stereocenters. The molecule has 0 saturated carbocycles. The van der Waals surface area contributed by atoms with Gasteiger partial charge in [-0.15, -0.1) is 0 Å². The maximum absolute atomic E-state index is 13.2. The smallest absolute Gasteiger partial charge is 0.280 e. The van der Waals surface area contributed by atoms with Crippen molar-refractivity contribution in [3.8, 4) is 5.75 Å². The Balaban J connectivity index is 1.74. The van der Waals surface area contributed by atoms with Gasteiger partial charge in [-0.3, -0.25) is 4.79 Å². The molecule has 0 radical (unpaired) electrons. The van der Waals surface area contributed by atoms with E-state index in [1.165, 1.54) is 16.3 Å². The number of hydrogen-bond acceptors (Lipinski definition) is 5. The van der Waals surface area contributed by atoms with Crippen molar-refractivity contribution in [2.75, 3.05) is 12.1 Å². The maximum Gasteiger partial charge on any atom is 0.280 e. The number of anilines is 1. The molecule has 0 aliphatic heterocycles. The molecule has 29 heavy (non-hydrogen) atoms. The zero-order valence-electron chi connectivity index (χ0n) is 15.4. The molecule has 144 valence electrons. The van der Waals surface area contributed by atoms with Gasteiger partial charge in [0.25, 0.3) is 5.91 Å². The second kappa shape index (κ2) is 8.55. The minimum atomic E-state index is -0.266. The van der Waals surface area contributed by atoms with Gasteiger partial charge in [0.1, 0.15) is 5.75 Å². The lowest BCUT2D eigenvalue weighted by atomic mass is 10.2. The van der Waals surface area contributed by atoms with Crippen molar-refractivity contribution in [3.63, 3.8) is 0 Å². The second-order valence-electron chi connectivity index (χ2n) is 6.11.